The van der Waals surface area contributed by atoms with Crippen LogP contribution in [0.25, 0.3) is 0 Å². The first-order valence-electron chi connectivity index (χ1n) is 9.29. The van der Waals surface area contributed by atoms with E-state index in [1.165, 1.54) is 83.1 Å². The summed E-state index contributed by atoms with van der Waals surface area (Å²) in [4.78, 5) is 11.0. The molecule has 0 N–H and O–H groups in total. The van der Waals surface area contributed by atoms with E-state index in [-0.39, 0.29) is 5.97 Å². The van der Waals surface area contributed by atoms with Crippen LogP contribution in [0.15, 0.2) is 25.0 Å². The van der Waals surface area contributed by atoms with Gasteiger partial charge in [0.2, 0.25) is 0 Å². The minimum Gasteiger partial charge on any atom is -0.432 e. The van der Waals surface area contributed by atoms with Crippen LogP contribution in [0.5, 0.6) is 0 Å². The van der Waals surface area contributed by atoms with Crippen molar-refractivity contribution in [1.29, 1.82) is 0 Å². The lowest BCUT2D eigenvalue weighted by atomic mass is 10.0. The van der Waals surface area contributed by atoms with E-state index < -0.39 is 0 Å². The summed E-state index contributed by atoms with van der Waals surface area (Å²) in [5, 5.41) is 0. The van der Waals surface area contributed by atoms with Gasteiger partial charge in [-0.25, -0.2) is 4.79 Å². The van der Waals surface area contributed by atoms with Crippen molar-refractivity contribution in [2.75, 3.05) is 0 Å². The largest absolute Gasteiger partial charge is 0.432 e. The maximum atomic E-state index is 11.0. The summed E-state index contributed by atoms with van der Waals surface area (Å²) in [6.07, 6.45) is 23.3. The van der Waals surface area contributed by atoms with E-state index in [0.29, 0.717) is 0 Å². The third-order valence-electron chi connectivity index (χ3n) is 3.93. The molecule has 0 fully saturated rings. The van der Waals surface area contributed by atoms with Crippen LogP contribution in [0.1, 0.15) is 96.8 Å². The number of rotatable bonds is 16. The van der Waals surface area contributed by atoms with Gasteiger partial charge in [-0.2, -0.15) is 0 Å². The molecule has 0 saturated heterocycles. The Bertz CT molecular complexity index is 281. The first kappa shape index (κ1) is 20.9. The second-order valence-corrected chi connectivity index (χ2v) is 6.04. The van der Waals surface area contributed by atoms with Crippen LogP contribution in [0.3, 0.4) is 0 Å². The molecule has 22 heavy (non-hydrogen) atoms. The predicted molar refractivity (Wildman–Crippen MR) is 95.7 cm³/mol. The van der Waals surface area contributed by atoms with Gasteiger partial charge >= 0.3 is 5.97 Å². The lowest BCUT2D eigenvalue weighted by molar-refractivity contribution is -0.132. The Balaban J connectivity index is 3.11. The zero-order chi connectivity index (χ0) is 16.3. The first-order chi connectivity index (χ1) is 10.8. The third kappa shape index (κ3) is 17.0. The molecule has 0 bridgehead atoms. The average molecular weight is 309 g/mol. The summed E-state index contributed by atoms with van der Waals surface area (Å²) < 4.78 is 4.60. The van der Waals surface area contributed by atoms with Crippen molar-refractivity contribution in [3.05, 3.63) is 25.0 Å². The molecule has 0 atom stereocenters. The maximum Gasteiger partial charge on any atom is 0.335 e. The molecule has 0 aliphatic rings. The van der Waals surface area contributed by atoms with Gasteiger partial charge < -0.3 is 4.74 Å². The molecule has 2 heteroatoms. The predicted octanol–water partition coefficient (Wildman–Crippen LogP) is 6.71. The number of hydrogen-bond donors (Lipinski definition) is 0. The van der Waals surface area contributed by atoms with Crippen LogP contribution in [-0.4, -0.2) is 5.97 Å². The molecule has 2 nitrogen and oxygen atoms in total. The van der Waals surface area contributed by atoms with E-state index in [4.69, 9.17) is 0 Å². The Morgan fingerprint density at radius 1 is 0.818 bits per heavy atom. The second kappa shape index (κ2) is 18.0. The summed E-state index contributed by atoms with van der Waals surface area (Å²) in [5.74, 6) is -0.329. The highest BCUT2D eigenvalue weighted by Gasteiger charge is 1.94. The highest BCUT2D eigenvalue weighted by Crippen LogP contribution is 2.12. The molecule has 0 aliphatic carbocycles. The van der Waals surface area contributed by atoms with Crippen molar-refractivity contribution in [3.8, 4) is 0 Å². The zero-order valence-electron chi connectivity index (χ0n) is 14.7. The molecule has 0 aromatic heterocycles. The minimum atomic E-state index is -0.329. The Morgan fingerprint density at radius 3 is 1.73 bits per heavy atom. The molecule has 0 amide bonds. The van der Waals surface area contributed by atoms with Gasteiger partial charge in [0.05, 0.1) is 6.26 Å². The van der Waals surface area contributed by atoms with Gasteiger partial charge in [-0.05, 0) is 12.8 Å². The fourth-order valence-electron chi connectivity index (χ4n) is 2.58. The molecule has 0 aromatic carbocycles. The summed E-state index contributed by atoms with van der Waals surface area (Å²) in [6, 6.07) is 0. The van der Waals surface area contributed by atoms with Crippen LogP contribution in [0.4, 0.5) is 0 Å². The number of unbranched alkanes of at least 4 members (excludes halogenated alkanes) is 13. The fourth-order valence-corrected chi connectivity index (χ4v) is 2.58. The molecular weight excluding hydrogens is 272 g/mol. The maximum absolute atomic E-state index is 11.0. The Hall–Kier alpha value is -1.05. The van der Waals surface area contributed by atoms with Crippen molar-refractivity contribution in [1.82, 2.24) is 0 Å². The van der Waals surface area contributed by atoms with E-state index in [2.05, 4.69) is 18.2 Å². The number of carbonyl (C=O) groups excluding carboxylic acids is 1. The topological polar surface area (TPSA) is 26.3 Å². The highest BCUT2D eigenvalue weighted by atomic mass is 16.5. The van der Waals surface area contributed by atoms with E-state index in [1.54, 1.807) is 0 Å². The Kier molecular flexibility index (Phi) is 17.1. The monoisotopic (exact) mass is 308 g/mol. The van der Waals surface area contributed by atoms with Crippen LogP contribution in [-0.2, 0) is 9.53 Å². The van der Waals surface area contributed by atoms with Crippen LogP contribution in [0, 0.1) is 0 Å². The number of hydrogen-bond acceptors (Lipinski definition) is 2. The summed E-state index contributed by atoms with van der Waals surface area (Å²) >= 11 is 0. The quantitative estimate of drug-likeness (QED) is 0.137. The number of allylic oxidation sites excluding steroid dienone is 1. The molecule has 0 saturated carbocycles. The molecule has 0 spiro atoms. The lowest BCUT2D eigenvalue weighted by Gasteiger charge is -2.02. The SMILES string of the molecule is C=COC(=O)C=CCCCCCCCCCCCCCCC. The Morgan fingerprint density at radius 2 is 1.27 bits per heavy atom. The van der Waals surface area contributed by atoms with E-state index in [0.717, 1.165) is 19.1 Å². The van der Waals surface area contributed by atoms with Gasteiger partial charge in [-0.1, -0.05) is 96.6 Å². The minimum absolute atomic E-state index is 0.329. The van der Waals surface area contributed by atoms with Crippen LogP contribution in [0.2, 0.25) is 0 Å². The van der Waals surface area contributed by atoms with Crippen molar-refractivity contribution in [3.63, 3.8) is 0 Å². The smallest absolute Gasteiger partial charge is 0.335 e. The molecule has 0 aromatic rings. The highest BCUT2D eigenvalue weighted by molar-refractivity contribution is 5.82. The normalized spacial score (nSPS) is 11.0. The van der Waals surface area contributed by atoms with E-state index in [9.17, 15) is 4.79 Å². The van der Waals surface area contributed by atoms with E-state index >= 15 is 0 Å². The van der Waals surface area contributed by atoms with Crippen molar-refractivity contribution in [2.45, 2.75) is 96.8 Å². The summed E-state index contributed by atoms with van der Waals surface area (Å²) in [7, 11) is 0. The van der Waals surface area contributed by atoms with Gasteiger partial charge in [0.25, 0.3) is 0 Å². The number of ether oxygens (including phenoxy) is 1. The Labute approximate surface area is 138 Å². The molecule has 128 valence electrons. The molecule has 0 aliphatic heterocycles. The van der Waals surface area contributed by atoms with Gasteiger partial charge in [0.1, 0.15) is 0 Å². The number of esters is 1. The first-order valence-corrected chi connectivity index (χ1v) is 9.29. The van der Waals surface area contributed by atoms with Crippen molar-refractivity contribution >= 4 is 5.97 Å². The summed E-state index contributed by atoms with van der Waals surface area (Å²) in [6.45, 7) is 5.62. The zero-order valence-corrected chi connectivity index (χ0v) is 14.7. The second-order valence-electron chi connectivity index (χ2n) is 6.04. The lowest BCUT2D eigenvalue weighted by Crippen LogP contribution is -1.92. The van der Waals surface area contributed by atoms with Gasteiger partial charge in [0.15, 0.2) is 0 Å². The molecular formula is C20H36O2. The molecule has 0 radical (unpaired) electrons. The average Bonchev–Trinajstić information content (AvgIpc) is 2.51. The van der Waals surface area contributed by atoms with Crippen LogP contribution >= 0.6 is 0 Å². The molecule has 0 heterocycles. The third-order valence-corrected chi connectivity index (χ3v) is 3.93. The number of carbonyl (C=O) groups is 1. The molecule has 0 unspecified atom stereocenters. The summed E-state index contributed by atoms with van der Waals surface area (Å²) in [5.41, 5.74) is 0. The van der Waals surface area contributed by atoms with Gasteiger partial charge in [0, 0.05) is 6.08 Å². The van der Waals surface area contributed by atoms with Gasteiger partial charge in [-0.15, -0.1) is 0 Å². The van der Waals surface area contributed by atoms with Crippen molar-refractivity contribution < 1.29 is 9.53 Å². The molecule has 0 rings (SSSR count). The van der Waals surface area contributed by atoms with Crippen LogP contribution < -0.4 is 0 Å². The fraction of sp³-hybridized carbons (Fsp3) is 0.750. The van der Waals surface area contributed by atoms with Gasteiger partial charge in [-0.3, -0.25) is 0 Å². The van der Waals surface area contributed by atoms with Crippen molar-refractivity contribution in [2.24, 2.45) is 0 Å². The standard InChI is InChI=1S/C20H36O2/c1-3-5-6-7-8-9-10-11-12-13-14-15-16-17-18-19-20(21)22-4-2/h4,18-19H,2-3,5-17H2,1H3. The van der Waals surface area contributed by atoms with E-state index in [1.807, 2.05) is 6.08 Å².